The minimum atomic E-state index is 0. The van der Waals surface area contributed by atoms with Gasteiger partial charge in [-0.3, -0.25) is 0 Å². The first-order valence-corrected chi connectivity index (χ1v) is 8.14. The molecule has 18 heavy (non-hydrogen) atoms. The summed E-state index contributed by atoms with van der Waals surface area (Å²) in [7, 11) is 0. The predicted octanol–water partition coefficient (Wildman–Crippen LogP) is 5.90. The molecule has 0 saturated carbocycles. The molecule has 1 heteroatoms. The molecule has 0 aliphatic carbocycles. The van der Waals surface area contributed by atoms with Crippen molar-refractivity contribution in [1.82, 2.24) is 0 Å². The summed E-state index contributed by atoms with van der Waals surface area (Å²) in [6.45, 7) is 8.85. The van der Waals surface area contributed by atoms with Crippen LogP contribution in [0.25, 0.3) is 0 Å². The third kappa shape index (κ3) is 17.0. The molecule has 0 heterocycles. The van der Waals surface area contributed by atoms with Gasteiger partial charge in [0.15, 0.2) is 0 Å². The van der Waals surface area contributed by atoms with E-state index in [4.69, 9.17) is 0 Å². The summed E-state index contributed by atoms with van der Waals surface area (Å²) in [6.07, 6.45) is 18.3. The first-order valence-electron chi connectivity index (χ1n) is 8.14. The van der Waals surface area contributed by atoms with Crippen molar-refractivity contribution in [2.75, 3.05) is 0 Å². The number of rotatable bonds is 13. The summed E-state index contributed by atoms with van der Waals surface area (Å²) < 4.78 is 0. The van der Waals surface area contributed by atoms with Gasteiger partial charge in [-0.15, -0.1) is 0 Å². The van der Waals surface area contributed by atoms with Crippen LogP contribution in [-0.2, 0) is 0 Å². The SMILES string of the molecule is [CH2]C(CCCCCCC)CCCCCCCC.[NaH]. The van der Waals surface area contributed by atoms with E-state index in [-0.39, 0.29) is 29.6 Å². The standard InChI is InChI=1S/C17H35.Na.H/c1-4-6-8-10-12-14-16-17(3)15-13-11-9-7-5-2;;/h17H,3-16H2,1-2H3;;. The number of hydrogen-bond acceptors (Lipinski definition) is 0. The Balaban J connectivity index is 0. The monoisotopic (exact) mass is 263 g/mol. The zero-order valence-corrected chi connectivity index (χ0v) is 12.5. The summed E-state index contributed by atoms with van der Waals surface area (Å²) in [5.41, 5.74) is 0. The third-order valence-electron chi connectivity index (χ3n) is 3.68. The van der Waals surface area contributed by atoms with Crippen molar-refractivity contribution in [2.24, 2.45) is 5.92 Å². The summed E-state index contributed by atoms with van der Waals surface area (Å²) >= 11 is 0. The average Bonchev–Trinajstić information content (AvgIpc) is 2.33. The molecule has 105 valence electrons. The first kappa shape index (κ1) is 21.3. The van der Waals surface area contributed by atoms with Crippen molar-refractivity contribution in [3.8, 4) is 0 Å². The van der Waals surface area contributed by atoms with Crippen LogP contribution in [0.1, 0.15) is 97.3 Å². The van der Waals surface area contributed by atoms with Crippen LogP contribution in [0.3, 0.4) is 0 Å². The molecular weight excluding hydrogens is 227 g/mol. The minimum absolute atomic E-state index is 0. The molecule has 0 saturated heterocycles. The fourth-order valence-electron chi connectivity index (χ4n) is 2.39. The van der Waals surface area contributed by atoms with E-state index in [9.17, 15) is 0 Å². The molecule has 0 aliphatic rings. The van der Waals surface area contributed by atoms with Gasteiger partial charge in [-0.25, -0.2) is 0 Å². The van der Waals surface area contributed by atoms with Crippen molar-refractivity contribution in [3.05, 3.63) is 6.92 Å². The molecule has 0 bridgehead atoms. The number of unbranched alkanes of at least 4 members (excludes halogenated alkanes) is 9. The topological polar surface area (TPSA) is 0 Å². The Bertz CT molecular complexity index is 134. The van der Waals surface area contributed by atoms with E-state index in [2.05, 4.69) is 20.8 Å². The van der Waals surface area contributed by atoms with Gasteiger partial charge in [-0.1, -0.05) is 104 Å². The van der Waals surface area contributed by atoms with Gasteiger partial charge in [-0.2, -0.15) is 0 Å². The predicted molar refractivity (Wildman–Crippen MR) is 87.4 cm³/mol. The molecule has 0 amide bonds. The summed E-state index contributed by atoms with van der Waals surface area (Å²) in [5, 5.41) is 0. The van der Waals surface area contributed by atoms with Crippen molar-refractivity contribution in [3.63, 3.8) is 0 Å². The van der Waals surface area contributed by atoms with E-state index in [1.54, 1.807) is 0 Å². The molecule has 0 N–H and O–H groups in total. The van der Waals surface area contributed by atoms with Crippen molar-refractivity contribution in [2.45, 2.75) is 97.3 Å². The molecule has 1 unspecified atom stereocenters. The van der Waals surface area contributed by atoms with Gasteiger partial charge < -0.3 is 0 Å². The van der Waals surface area contributed by atoms with Crippen LogP contribution < -0.4 is 0 Å². The molecule has 1 radical (unpaired) electrons. The summed E-state index contributed by atoms with van der Waals surface area (Å²) in [6, 6.07) is 0. The molecule has 1 atom stereocenters. The van der Waals surface area contributed by atoms with Crippen LogP contribution in [-0.4, -0.2) is 29.6 Å². The van der Waals surface area contributed by atoms with E-state index in [1.165, 1.54) is 83.5 Å². The fourth-order valence-corrected chi connectivity index (χ4v) is 2.39. The van der Waals surface area contributed by atoms with Gasteiger partial charge in [0, 0.05) is 0 Å². The Labute approximate surface area is 139 Å². The van der Waals surface area contributed by atoms with E-state index < -0.39 is 0 Å². The normalized spacial score (nSPS) is 12.2. The van der Waals surface area contributed by atoms with Gasteiger partial charge in [0.2, 0.25) is 0 Å². The average molecular weight is 263 g/mol. The van der Waals surface area contributed by atoms with E-state index >= 15 is 0 Å². The van der Waals surface area contributed by atoms with Crippen molar-refractivity contribution >= 4 is 29.6 Å². The maximum absolute atomic E-state index is 4.29. The molecular formula is C17H36Na. The quantitative estimate of drug-likeness (QED) is 0.287. The van der Waals surface area contributed by atoms with Crippen LogP contribution in [0.5, 0.6) is 0 Å². The Hall–Kier alpha value is 1.00. The van der Waals surface area contributed by atoms with Crippen LogP contribution in [0.4, 0.5) is 0 Å². The molecule has 0 aromatic carbocycles. The number of hydrogen-bond donors (Lipinski definition) is 0. The Kier molecular flexibility index (Phi) is 21.3. The van der Waals surface area contributed by atoms with E-state index in [1.807, 2.05) is 0 Å². The Morgan fingerprint density at radius 1 is 0.611 bits per heavy atom. The summed E-state index contributed by atoms with van der Waals surface area (Å²) in [4.78, 5) is 0. The van der Waals surface area contributed by atoms with Crippen molar-refractivity contribution < 1.29 is 0 Å². The molecule has 0 spiro atoms. The maximum atomic E-state index is 4.29. The second-order valence-electron chi connectivity index (χ2n) is 5.63. The molecule has 0 aromatic heterocycles. The van der Waals surface area contributed by atoms with Gasteiger partial charge in [0.25, 0.3) is 0 Å². The van der Waals surface area contributed by atoms with Gasteiger partial charge in [-0.05, 0) is 5.92 Å². The van der Waals surface area contributed by atoms with Crippen LogP contribution in [0, 0.1) is 12.8 Å². The molecule has 0 rings (SSSR count). The van der Waals surface area contributed by atoms with Gasteiger partial charge >= 0.3 is 29.6 Å². The zero-order chi connectivity index (χ0) is 12.8. The molecule has 0 nitrogen and oxygen atoms in total. The van der Waals surface area contributed by atoms with Crippen LogP contribution in [0.15, 0.2) is 0 Å². The fraction of sp³-hybridized carbons (Fsp3) is 0.941. The molecule has 0 aliphatic heterocycles. The second-order valence-corrected chi connectivity index (χ2v) is 5.63. The molecule has 0 fully saturated rings. The van der Waals surface area contributed by atoms with Crippen molar-refractivity contribution in [1.29, 1.82) is 0 Å². The van der Waals surface area contributed by atoms with Crippen LogP contribution in [0.2, 0.25) is 0 Å². The van der Waals surface area contributed by atoms with Crippen LogP contribution >= 0.6 is 0 Å². The van der Waals surface area contributed by atoms with E-state index in [0.29, 0.717) is 0 Å². The molecule has 0 aromatic rings. The second kappa shape index (κ2) is 18.0. The summed E-state index contributed by atoms with van der Waals surface area (Å²) in [5.74, 6) is 0.725. The Morgan fingerprint density at radius 2 is 0.944 bits per heavy atom. The third-order valence-corrected chi connectivity index (χ3v) is 3.68. The van der Waals surface area contributed by atoms with Gasteiger partial charge in [0.1, 0.15) is 0 Å². The zero-order valence-electron chi connectivity index (χ0n) is 12.5. The first-order chi connectivity index (χ1) is 8.31. The van der Waals surface area contributed by atoms with Gasteiger partial charge in [0.05, 0.1) is 0 Å². The Morgan fingerprint density at radius 3 is 1.33 bits per heavy atom. The van der Waals surface area contributed by atoms with E-state index in [0.717, 1.165) is 5.92 Å².